The molecule has 2 aromatic carbocycles. The average Bonchev–Trinajstić information content (AvgIpc) is 2.41. The maximum atomic E-state index is 3.02. The molecule has 17 heavy (non-hydrogen) atoms. The van der Waals surface area contributed by atoms with Gasteiger partial charge >= 0.3 is 0 Å². The second-order valence-corrected chi connectivity index (χ2v) is 3.42. The third-order valence-corrected chi connectivity index (χ3v) is 2.12. The van der Waals surface area contributed by atoms with Gasteiger partial charge < -0.3 is 0 Å². The van der Waals surface area contributed by atoms with Gasteiger partial charge in [0, 0.05) is 0 Å². The molecule has 0 saturated carbocycles. The van der Waals surface area contributed by atoms with E-state index in [4.69, 9.17) is 0 Å². The fraction of sp³-hybridized carbons (Fsp3) is 0. The highest BCUT2D eigenvalue weighted by Crippen LogP contribution is 1.96. The zero-order valence-electron chi connectivity index (χ0n) is 9.35. The summed E-state index contributed by atoms with van der Waals surface area (Å²) < 4.78 is 0. The molecule has 0 heteroatoms. The van der Waals surface area contributed by atoms with E-state index in [1.54, 1.807) is 6.42 Å². The smallest absolute Gasteiger partial charge is 0.0621 e. The molecule has 0 N–H and O–H groups in total. The van der Waals surface area contributed by atoms with E-state index >= 15 is 0 Å². The van der Waals surface area contributed by atoms with Crippen LogP contribution < -0.4 is 0 Å². The van der Waals surface area contributed by atoms with Crippen LogP contribution in [0.4, 0.5) is 0 Å². The van der Waals surface area contributed by atoms with Crippen molar-refractivity contribution >= 4 is 0 Å². The molecule has 0 saturated heterocycles. The van der Waals surface area contributed by atoms with Crippen LogP contribution in [0.5, 0.6) is 0 Å². The van der Waals surface area contributed by atoms with E-state index in [1.807, 2.05) is 60.7 Å². The van der Waals surface area contributed by atoms with Gasteiger partial charge in [-0.2, -0.15) is 0 Å². The molecular formula is C17H11+. The zero-order valence-corrected chi connectivity index (χ0v) is 9.35. The molecule has 0 aliphatic rings. The Morgan fingerprint density at radius 1 is 0.588 bits per heavy atom. The van der Waals surface area contributed by atoms with Gasteiger partial charge in [0.1, 0.15) is 6.42 Å². The van der Waals surface area contributed by atoms with Crippen molar-refractivity contribution in [2.45, 2.75) is 0 Å². The summed E-state index contributed by atoms with van der Waals surface area (Å²) in [7, 11) is 0. The Morgan fingerprint density at radius 2 is 1.00 bits per heavy atom. The summed E-state index contributed by atoms with van der Waals surface area (Å²) in [4.78, 5) is 0. The summed E-state index contributed by atoms with van der Waals surface area (Å²) in [5.74, 6) is 11.9. The number of rotatable bonds is 0. The van der Waals surface area contributed by atoms with Crippen LogP contribution in [0, 0.1) is 30.1 Å². The van der Waals surface area contributed by atoms with Gasteiger partial charge in [-0.25, -0.2) is 0 Å². The first-order valence-electron chi connectivity index (χ1n) is 5.40. The van der Waals surface area contributed by atoms with Crippen molar-refractivity contribution < 1.29 is 0 Å². The van der Waals surface area contributed by atoms with Crippen molar-refractivity contribution in [3.05, 3.63) is 78.2 Å². The summed E-state index contributed by atoms with van der Waals surface area (Å²) in [6.07, 6.45) is 1.68. The predicted molar refractivity (Wildman–Crippen MR) is 70.9 cm³/mol. The highest BCUT2D eigenvalue weighted by Gasteiger charge is 1.88. The van der Waals surface area contributed by atoms with Gasteiger partial charge in [-0.05, 0) is 24.3 Å². The Kier molecular flexibility index (Phi) is 3.93. The molecular weight excluding hydrogens is 204 g/mol. The third kappa shape index (κ3) is 3.82. The minimum Gasteiger partial charge on any atom is -0.0621 e. The van der Waals surface area contributed by atoms with Crippen molar-refractivity contribution in [3.8, 4) is 23.7 Å². The normalized spacial score (nSPS) is 8.24. The maximum absolute atomic E-state index is 3.02. The largest absolute Gasteiger partial charge is 0.146 e. The maximum Gasteiger partial charge on any atom is 0.146 e. The van der Waals surface area contributed by atoms with Gasteiger partial charge in [-0.15, -0.1) is 0 Å². The Balaban J connectivity index is 1.93. The zero-order chi connectivity index (χ0) is 11.8. The molecule has 0 nitrogen and oxygen atoms in total. The number of benzene rings is 2. The van der Waals surface area contributed by atoms with Gasteiger partial charge in [-0.1, -0.05) is 36.4 Å². The van der Waals surface area contributed by atoms with Crippen LogP contribution in [0.2, 0.25) is 0 Å². The van der Waals surface area contributed by atoms with E-state index in [-0.39, 0.29) is 0 Å². The standard InChI is InChI=1S/C17H11/c1-4-10-16(11-5-1)14-8-3-9-15-17-12-6-2-7-13-17/h1-7,10-13H/q+1. The fourth-order valence-electron chi connectivity index (χ4n) is 1.32. The Hall–Kier alpha value is -2.57. The Labute approximate surface area is 102 Å². The molecule has 0 fully saturated rings. The highest BCUT2D eigenvalue weighted by atomic mass is 13.8. The molecule has 0 amide bonds. The van der Waals surface area contributed by atoms with Crippen LogP contribution >= 0.6 is 0 Å². The molecule has 0 radical (unpaired) electrons. The van der Waals surface area contributed by atoms with Gasteiger partial charge in [0.15, 0.2) is 0 Å². The molecule has 0 aromatic heterocycles. The number of hydrogen-bond acceptors (Lipinski definition) is 0. The summed E-state index contributed by atoms with van der Waals surface area (Å²) in [5, 5.41) is 0. The quantitative estimate of drug-likeness (QED) is 0.467. The number of hydrogen-bond donors (Lipinski definition) is 0. The lowest BCUT2D eigenvalue weighted by atomic mass is 10.2. The SMILES string of the molecule is C(#Cc1ccccc1)[CH+]C#Cc1ccccc1. The summed E-state index contributed by atoms with van der Waals surface area (Å²) in [6, 6.07) is 19.8. The third-order valence-electron chi connectivity index (χ3n) is 2.12. The topological polar surface area (TPSA) is 0 Å². The van der Waals surface area contributed by atoms with Crippen LogP contribution in [0.3, 0.4) is 0 Å². The van der Waals surface area contributed by atoms with Gasteiger partial charge in [-0.3, -0.25) is 0 Å². The van der Waals surface area contributed by atoms with Crippen molar-refractivity contribution in [2.75, 3.05) is 0 Å². The van der Waals surface area contributed by atoms with E-state index in [9.17, 15) is 0 Å². The minimum atomic E-state index is 1.00. The molecule has 2 aromatic rings. The van der Waals surface area contributed by atoms with Crippen molar-refractivity contribution in [3.63, 3.8) is 0 Å². The molecule has 78 valence electrons. The summed E-state index contributed by atoms with van der Waals surface area (Å²) >= 11 is 0. The molecule has 0 unspecified atom stereocenters. The van der Waals surface area contributed by atoms with Crippen molar-refractivity contribution in [2.24, 2.45) is 0 Å². The fourth-order valence-corrected chi connectivity index (χ4v) is 1.32. The first kappa shape index (κ1) is 10.9. The van der Waals surface area contributed by atoms with Crippen LogP contribution in [-0.2, 0) is 0 Å². The lowest BCUT2D eigenvalue weighted by molar-refractivity contribution is 1.64. The molecule has 0 aliphatic carbocycles. The van der Waals surface area contributed by atoms with E-state index in [0.717, 1.165) is 11.1 Å². The molecule has 0 bridgehead atoms. The Bertz CT molecular complexity index is 516. The van der Waals surface area contributed by atoms with Crippen molar-refractivity contribution in [1.82, 2.24) is 0 Å². The monoisotopic (exact) mass is 215 g/mol. The molecule has 0 atom stereocenters. The molecule has 0 spiro atoms. The lowest BCUT2D eigenvalue weighted by Crippen LogP contribution is -1.72. The van der Waals surface area contributed by atoms with Crippen LogP contribution in [0.1, 0.15) is 11.1 Å². The van der Waals surface area contributed by atoms with E-state index < -0.39 is 0 Å². The molecule has 2 rings (SSSR count). The molecule has 0 aliphatic heterocycles. The van der Waals surface area contributed by atoms with Crippen LogP contribution in [0.15, 0.2) is 60.7 Å². The van der Waals surface area contributed by atoms with E-state index in [2.05, 4.69) is 23.7 Å². The van der Waals surface area contributed by atoms with E-state index in [1.165, 1.54) is 0 Å². The summed E-state index contributed by atoms with van der Waals surface area (Å²) in [5.41, 5.74) is 2.01. The summed E-state index contributed by atoms with van der Waals surface area (Å²) in [6.45, 7) is 0. The first-order chi connectivity index (χ1) is 8.45. The van der Waals surface area contributed by atoms with Gasteiger partial charge in [0.2, 0.25) is 0 Å². The second-order valence-electron chi connectivity index (χ2n) is 3.42. The van der Waals surface area contributed by atoms with Crippen LogP contribution in [-0.4, -0.2) is 0 Å². The van der Waals surface area contributed by atoms with Gasteiger partial charge in [0.05, 0.1) is 34.8 Å². The minimum absolute atomic E-state index is 1.00. The Morgan fingerprint density at radius 3 is 1.41 bits per heavy atom. The van der Waals surface area contributed by atoms with Crippen LogP contribution in [0.25, 0.3) is 0 Å². The van der Waals surface area contributed by atoms with Crippen molar-refractivity contribution in [1.29, 1.82) is 0 Å². The first-order valence-corrected chi connectivity index (χ1v) is 5.40. The average molecular weight is 215 g/mol. The lowest BCUT2D eigenvalue weighted by Gasteiger charge is -1.80. The highest BCUT2D eigenvalue weighted by molar-refractivity contribution is 5.41. The van der Waals surface area contributed by atoms with Gasteiger partial charge in [0.25, 0.3) is 0 Å². The van der Waals surface area contributed by atoms with E-state index in [0.29, 0.717) is 0 Å². The second kappa shape index (κ2) is 6.11. The predicted octanol–water partition coefficient (Wildman–Crippen LogP) is 3.29. The molecule has 0 heterocycles.